The van der Waals surface area contributed by atoms with Crippen LogP contribution in [0.2, 0.25) is 0 Å². The Morgan fingerprint density at radius 1 is 1.19 bits per heavy atom. The molecule has 2 aromatic carbocycles. The lowest BCUT2D eigenvalue weighted by molar-refractivity contribution is -0.142. The van der Waals surface area contributed by atoms with Gasteiger partial charge in [0.05, 0.1) is 31.2 Å². The Morgan fingerprint density at radius 3 is 2.78 bits per heavy atom. The van der Waals surface area contributed by atoms with E-state index < -0.39 is 16.1 Å². The summed E-state index contributed by atoms with van der Waals surface area (Å²) in [4.78, 5) is 12.0. The fourth-order valence-electron chi connectivity index (χ4n) is 3.62. The van der Waals surface area contributed by atoms with E-state index >= 15 is 0 Å². The number of esters is 1. The highest BCUT2D eigenvalue weighted by atomic mass is 32.2. The topological polar surface area (TPSA) is 89.0 Å². The first kappa shape index (κ1) is 25.6. The summed E-state index contributed by atoms with van der Waals surface area (Å²) in [6.07, 6.45) is 7.28. The summed E-state index contributed by atoms with van der Waals surface area (Å²) in [7, 11) is 0. The molecule has 0 saturated carbocycles. The van der Waals surface area contributed by atoms with Crippen LogP contribution >= 0.6 is 0 Å². The normalized spacial score (nSPS) is 12.8. The average molecular weight is 507 g/mol. The quantitative estimate of drug-likeness (QED) is 0.163. The zero-order chi connectivity index (χ0) is 25.7. The van der Waals surface area contributed by atoms with Crippen molar-refractivity contribution in [2.45, 2.75) is 45.5 Å². The molecule has 1 unspecified atom stereocenters. The van der Waals surface area contributed by atoms with Crippen LogP contribution in [0.25, 0.3) is 16.7 Å². The number of nitrogens with zero attached hydrogens (tertiary/aromatic N) is 2. The molecule has 8 heteroatoms. The van der Waals surface area contributed by atoms with Gasteiger partial charge in [-0.3, -0.25) is 4.79 Å². The second kappa shape index (κ2) is 11.1. The largest absolute Gasteiger partial charge is 0.591 e. The molecule has 0 aliphatic carbocycles. The molecule has 1 atom stereocenters. The molecule has 0 saturated heterocycles. The smallest absolute Gasteiger partial charge is 0.310 e. The number of aromatic nitrogens is 1. The molecule has 188 valence electrons. The minimum Gasteiger partial charge on any atom is -0.591 e. The second-order valence-electron chi connectivity index (χ2n) is 9.28. The minimum atomic E-state index is -1.32. The first-order valence-electron chi connectivity index (χ1n) is 11.8. The summed E-state index contributed by atoms with van der Waals surface area (Å²) < 4.78 is 35.0. The van der Waals surface area contributed by atoms with Crippen LogP contribution in [0.1, 0.15) is 44.4 Å². The van der Waals surface area contributed by atoms with E-state index in [4.69, 9.17) is 13.9 Å². The van der Waals surface area contributed by atoms with Crippen LogP contribution in [0, 0.1) is 0 Å². The number of carbonyl (C=O) groups is 1. The van der Waals surface area contributed by atoms with E-state index in [0.29, 0.717) is 19.0 Å². The maximum atomic E-state index is 12.3. The molecule has 0 amide bonds. The molecule has 7 nitrogen and oxygen atoms in total. The van der Waals surface area contributed by atoms with Gasteiger partial charge in [-0.25, -0.2) is 0 Å². The molecule has 0 bridgehead atoms. The number of hydrogen-bond acceptors (Lipinski definition) is 6. The van der Waals surface area contributed by atoms with Gasteiger partial charge in [-0.1, -0.05) is 22.6 Å². The van der Waals surface area contributed by atoms with E-state index in [9.17, 15) is 9.35 Å². The van der Waals surface area contributed by atoms with Crippen molar-refractivity contribution in [1.29, 1.82) is 0 Å². The Morgan fingerprint density at radius 2 is 2.00 bits per heavy atom. The van der Waals surface area contributed by atoms with Crippen LogP contribution in [-0.4, -0.2) is 32.7 Å². The van der Waals surface area contributed by atoms with Crippen LogP contribution in [0.3, 0.4) is 0 Å². The van der Waals surface area contributed by atoms with Crippen molar-refractivity contribution in [2.24, 2.45) is 4.40 Å². The van der Waals surface area contributed by atoms with Gasteiger partial charge < -0.3 is 23.0 Å². The van der Waals surface area contributed by atoms with Gasteiger partial charge in [-0.05, 0) is 63.6 Å². The number of rotatable bonds is 9. The standard InChI is InChI=1S/C28H30N2O5S/c1-5-33-26(31)16-22-8-6-7-9-25(22)35-19-21-14-23-11-13-34-27(23)24(15-21)30-12-10-20(18-30)17-29-36(32)28(2,3)4/h6-15,17-18H,5,16,19H2,1-4H3. The van der Waals surface area contributed by atoms with Gasteiger partial charge >= 0.3 is 5.97 Å². The number of fused-ring (bicyclic) bond motifs is 1. The number of ether oxygens (including phenoxy) is 2. The number of carbonyl (C=O) groups excluding carboxylic acids is 1. The Kier molecular flexibility index (Phi) is 7.86. The molecule has 36 heavy (non-hydrogen) atoms. The first-order chi connectivity index (χ1) is 17.2. The van der Waals surface area contributed by atoms with Crippen LogP contribution in [0.4, 0.5) is 0 Å². The molecule has 2 heterocycles. The van der Waals surface area contributed by atoms with Crippen molar-refractivity contribution in [3.63, 3.8) is 0 Å². The zero-order valence-corrected chi connectivity index (χ0v) is 21.7. The molecule has 0 fully saturated rings. The molecule has 4 rings (SSSR count). The monoisotopic (exact) mass is 506 g/mol. The number of hydrogen-bond donors (Lipinski definition) is 0. The minimum absolute atomic E-state index is 0.156. The number of furan rings is 1. The van der Waals surface area contributed by atoms with Crippen molar-refractivity contribution in [3.05, 3.63) is 83.9 Å². The molecule has 2 aromatic heterocycles. The fraction of sp³-hybridized carbons (Fsp3) is 0.286. The first-order valence-corrected chi connectivity index (χ1v) is 12.9. The van der Waals surface area contributed by atoms with Gasteiger partial charge in [0.15, 0.2) is 5.58 Å². The van der Waals surface area contributed by atoms with Gasteiger partial charge in [0.25, 0.3) is 0 Å². The predicted octanol–water partition coefficient (Wildman–Crippen LogP) is 5.79. The van der Waals surface area contributed by atoms with E-state index in [0.717, 1.165) is 33.3 Å². The van der Waals surface area contributed by atoms with Gasteiger partial charge in [-0.2, -0.15) is 0 Å². The predicted molar refractivity (Wildman–Crippen MR) is 142 cm³/mol. The summed E-state index contributed by atoms with van der Waals surface area (Å²) in [6, 6.07) is 15.3. The molecule has 0 N–H and O–H groups in total. The maximum absolute atomic E-state index is 12.3. The average Bonchev–Trinajstić information content (AvgIpc) is 3.50. The molecule has 0 radical (unpaired) electrons. The van der Waals surface area contributed by atoms with E-state index in [1.807, 2.05) is 86.3 Å². The molecular formula is C28H30N2O5S. The van der Waals surface area contributed by atoms with Gasteiger partial charge in [0, 0.05) is 28.9 Å². The van der Waals surface area contributed by atoms with Crippen LogP contribution < -0.4 is 4.74 Å². The zero-order valence-electron chi connectivity index (χ0n) is 20.9. The Balaban J connectivity index is 1.56. The Labute approximate surface area is 214 Å². The third-order valence-corrected chi connectivity index (χ3v) is 6.76. The van der Waals surface area contributed by atoms with Crippen LogP contribution in [0.5, 0.6) is 5.75 Å². The van der Waals surface area contributed by atoms with Crippen molar-refractivity contribution in [3.8, 4) is 11.4 Å². The SMILES string of the molecule is CCOC(=O)Cc1ccccc1OCc1cc(-n2ccc(C=N[S+]([O-])C(C)(C)C)c2)c2occc2c1. The molecule has 0 aliphatic rings. The highest BCUT2D eigenvalue weighted by Gasteiger charge is 2.25. The Bertz CT molecular complexity index is 1370. The van der Waals surface area contributed by atoms with Gasteiger partial charge in [-0.15, -0.1) is 0 Å². The molecule has 0 aliphatic heterocycles. The molecular weight excluding hydrogens is 476 g/mol. The molecule has 0 spiro atoms. The number of benzene rings is 2. The highest BCUT2D eigenvalue weighted by molar-refractivity contribution is 7.91. The van der Waals surface area contributed by atoms with E-state index in [1.165, 1.54) is 0 Å². The lowest BCUT2D eigenvalue weighted by atomic mass is 10.1. The summed E-state index contributed by atoms with van der Waals surface area (Å²) >= 11 is -1.32. The highest BCUT2D eigenvalue weighted by Crippen LogP contribution is 2.28. The number of para-hydroxylation sites is 1. The van der Waals surface area contributed by atoms with Crippen molar-refractivity contribution >= 4 is 34.5 Å². The summed E-state index contributed by atoms with van der Waals surface area (Å²) in [6.45, 7) is 8.12. The van der Waals surface area contributed by atoms with Gasteiger partial charge in [0.2, 0.25) is 0 Å². The second-order valence-corrected chi connectivity index (χ2v) is 11.2. The maximum Gasteiger partial charge on any atom is 0.310 e. The third kappa shape index (κ3) is 6.19. The van der Waals surface area contributed by atoms with Crippen LogP contribution in [0.15, 0.2) is 76.0 Å². The Hall–Kier alpha value is -3.49. The summed E-state index contributed by atoms with van der Waals surface area (Å²) in [5, 5.41) is 0.948. The van der Waals surface area contributed by atoms with Crippen LogP contribution in [-0.2, 0) is 33.9 Å². The van der Waals surface area contributed by atoms with E-state index in [2.05, 4.69) is 4.40 Å². The van der Waals surface area contributed by atoms with Crippen molar-refractivity contribution < 1.29 is 23.2 Å². The summed E-state index contributed by atoms with van der Waals surface area (Å²) in [5.74, 6) is 0.361. The third-order valence-electron chi connectivity index (χ3n) is 5.41. The van der Waals surface area contributed by atoms with E-state index in [-0.39, 0.29) is 12.4 Å². The molecule has 4 aromatic rings. The lowest BCUT2D eigenvalue weighted by Crippen LogP contribution is -2.25. The lowest BCUT2D eigenvalue weighted by Gasteiger charge is -2.17. The summed E-state index contributed by atoms with van der Waals surface area (Å²) in [5.41, 5.74) is 4.17. The van der Waals surface area contributed by atoms with Crippen molar-refractivity contribution in [2.75, 3.05) is 6.61 Å². The fourth-order valence-corrected chi connectivity index (χ4v) is 4.16. The van der Waals surface area contributed by atoms with E-state index in [1.54, 1.807) is 19.4 Å². The van der Waals surface area contributed by atoms with Crippen molar-refractivity contribution in [1.82, 2.24) is 4.57 Å². The van der Waals surface area contributed by atoms with Gasteiger partial charge in [0.1, 0.15) is 28.5 Å².